The lowest BCUT2D eigenvalue weighted by Crippen LogP contribution is -2.10. The second-order valence-electron chi connectivity index (χ2n) is 1.24. The molecule has 0 atom stereocenters. The van der Waals surface area contributed by atoms with Crippen LogP contribution in [0.25, 0.3) is 0 Å². The highest BCUT2D eigenvalue weighted by molar-refractivity contribution is 5.54. The van der Waals surface area contributed by atoms with Crippen molar-refractivity contribution in [1.29, 1.82) is 0 Å². The molecule has 1 amide bonds. The van der Waals surface area contributed by atoms with Crippen molar-refractivity contribution in [3.63, 3.8) is 0 Å². The topological polar surface area (TPSA) is 29.1 Å². The van der Waals surface area contributed by atoms with Crippen LogP contribution in [0.5, 0.6) is 0 Å². The molecule has 0 radical (unpaired) electrons. The fourth-order valence-electron chi connectivity index (χ4n) is 0.357. The van der Waals surface area contributed by atoms with Crippen LogP contribution in [0.2, 0.25) is 0 Å². The van der Waals surface area contributed by atoms with Crippen molar-refractivity contribution in [1.82, 2.24) is 5.32 Å². The fourth-order valence-corrected chi connectivity index (χ4v) is 0.357. The predicted octanol–water partition coefficient (Wildman–Crippen LogP) is 0.186. The van der Waals surface area contributed by atoms with Crippen LogP contribution in [0.1, 0.15) is 0 Å². The summed E-state index contributed by atoms with van der Waals surface area (Å²) in [6.45, 7) is 0. The van der Waals surface area contributed by atoms with Gasteiger partial charge in [0, 0.05) is 5.70 Å². The van der Waals surface area contributed by atoms with Crippen molar-refractivity contribution in [3.05, 3.63) is 23.9 Å². The van der Waals surface area contributed by atoms with Crippen molar-refractivity contribution in [2.45, 2.75) is 0 Å². The molecule has 0 saturated carbocycles. The van der Waals surface area contributed by atoms with Gasteiger partial charge in [0.1, 0.15) is 0 Å². The van der Waals surface area contributed by atoms with Gasteiger partial charge in [-0.1, -0.05) is 6.08 Å². The first-order valence-electron chi connectivity index (χ1n) is 2.02. The molecule has 36 valence electrons. The van der Waals surface area contributed by atoms with Crippen molar-refractivity contribution in [3.8, 4) is 0 Å². The zero-order valence-electron chi connectivity index (χ0n) is 3.72. The number of nitrogens with one attached hydrogen (secondary N) is 1. The van der Waals surface area contributed by atoms with Gasteiger partial charge in [-0.2, -0.15) is 0 Å². The lowest BCUT2D eigenvalue weighted by atomic mass is 10.2. The van der Waals surface area contributed by atoms with E-state index in [1.807, 2.05) is 18.2 Å². The molecule has 0 heterocycles. The third kappa shape index (κ3) is 0.682. The molecule has 1 aliphatic carbocycles. The zero-order chi connectivity index (χ0) is 5.11. The van der Waals surface area contributed by atoms with Gasteiger partial charge in [0.25, 0.3) is 0 Å². The molecule has 0 saturated heterocycles. The van der Waals surface area contributed by atoms with Crippen LogP contribution in [0, 0.1) is 0 Å². The van der Waals surface area contributed by atoms with E-state index in [9.17, 15) is 4.79 Å². The zero-order valence-corrected chi connectivity index (χ0v) is 3.72. The minimum absolute atomic E-state index is 0.662. The van der Waals surface area contributed by atoms with E-state index in [-0.39, 0.29) is 0 Å². The molecule has 0 bridgehead atoms. The van der Waals surface area contributed by atoms with E-state index in [1.165, 1.54) is 0 Å². The smallest absolute Gasteiger partial charge is 0.211 e. The first-order valence-corrected chi connectivity index (χ1v) is 2.02. The molecule has 2 heteroatoms. The summed E-state index contributed by atoms with van der Waals surface area (Å²) in [5.74, 6) is 0. The molecule has 0 aliphatic heterocycles. The van der Waals surface area contributed by atoms with Gasteiger partial charge in [-0.25, -0.2) is 0 Å². The molecule has 1 rings (SSSR count). The van der Waals surface area contributed by atoms with Crippen molar-refractivity contribution >= 4 is 6.41 Å². The third-order valence-electron chi connectivity index (χ3n) is 0.777. The second-order valence-corrected chi connectivity index (χ2v) is 1.24. The number of hydrogen-bond acceptors (Lipinski definition) is 1. The quantitative estimate of drug-likeness (QED) is 0.487. The average molecular weight is 95.1 g/mol. The number of rotatable bonds is 2. The summed E-state index contributed by atoms with van der Waals surface area (Å²) in [6.07, 6.45) is 6.18. The van der Waals surface area contributed by atoms with Crippen LogP contribution in [-0.2, 0) is 4.79 Å². The number of carbonyl (C=O) groups is 1. The van der Waals surface area contributed by atoms with Crippen LogP contribution in [0.4, 0.5) is 0 Å². The van der Waals surface area contributed by atoms with Crippen LogP contribution < -0.4 is 5.32 Å². The molecule has 7 heavy (non-hydrogen) atoms. The molecule has 0 aromatic heterocycles. The van der Waals surface area contributed by atoms with Crippen LogP contribution in [0.3, 0.4) is 0 Å². The fraction of sp³-hybridized carbons (Fsp3) is 0. The van der Waals surface area contributed by atoms with Crippen molar-refractivity contribution in [2.75, 3.05) is 0 Å². The van der Waals surface area contributed by atoms with Gasteiger partial charge in [0.2, 0.25) is 6.41 Å². The maximum Gasteiger partial charge on any atom is 0.211 e. The van der Waals surface area contributed by atoms with Crippen LogP contribution in [-0.4, -0.2) is 6.41 Å². The molecular weight excluding hydrogens is 90.1 g/mol. The summed E-state index contributed by atoms with van der Waals surface area (Å²) in [4.78, 5) is 9.62. The second kappa shape index (κ2) is 1.60. The van der Waals surface area contributed by atoms with Crippen LogP contribution in [0.15, 0.2) is 23.9 Å². The minimum Gasteiger partial charge on any atom is -0.329 e. The largest absolute Gasteiger partial charge is 0.329 e. The highest BCUT2D eigenvalue weighted by Crippen LogP contribution is 2.00. The molecule has 2 nitrogen and oxygen atoms in total. The van der Waals surface area contributed by atoms with Gasteiger partial charge < -0.3 is 5.32 Å². The van der Waals surface area contributed by atoms with Gasteiger partial charge in [0.15, 0.2) is 0 Å². The van der Waals surface area contributed by atoms with Gasteiger partial charge in [-0.3, -0.25) is 4.79 Å². The Balaban J connectivity index is 2.29. The van der Waals surface area contributed by atoms with E-state index in [4.69, 9.17) is 0 Å². The predicted molar refractivity (Wildman–Crippen MR) is 26.4 cm³/mol. The minimum atomic E-state index is 0.662. The lowest BCUT2D eigenvalue weighted by molar-refractivity contribution is -0.108. The Morgan fingerprint density at radius 1 is 1.71 bits per heavy atom. The standard InChI is InChI=1S/C5H5NO/c7-4-6-5-2-1-3-5/h1-4H,(H,6,7). The number of amides is 1. The Bertz CT molecular complexity index is 135. The molecule has 1 aliphatic rings. The number of carbonyl (C=O) groups excluding carboxylic acids is 1. The SMILES string of the molecule is O=CNC1=CC=C1. The van der Waals surface area contributed by atoms with Crippen molar-refractivity contribution in [2.24, 2.45) is 0 Å². The van der Waals surface area contributed by atoms with E-state index < -0.39 is 0 Å². The van der Waals surface area contributed by atoms with Gasteiger partial charge in [-0.15, -0.1) is 0 Å². The molecule has 1 N–H and O–H groups in total. The highest BCUT2D eigenvalue weighted by Gasteiger charge is 1.91. The Hall–Kier alpha value is -1.05. The summed E-state index contributed by atoms with van der Waals surface area (Å²) in [6, 6.07) is 0. The van der Waals surface area contributed by atoms with Gasteiger partial charge in [0.05, 0.1) is 0 Å². The first kappa shape index (κ1) is 4.12. The van der Waals surface area contributed by atoms with Crippen LogP contribution >= 0.6 is 0 Å². The number of allylic oxidation sites excluding steroid dienone is 3. The summed E-state index contributed by atoms with van der Waals surface area (Å²) < 4.78 is 0. The Morgan fingerprint density at radius 3 is 2.57 bits per heavy atom. The Kier molecular flexibility index (Phi) is 0.941. The van der Waals surface area contributed by atoms with E-state index in [1.54, 1.807) is 0 Å². The molecule has 0 unspecified atom stereocenters. The number of hydrogen-bond donors (Lipinski definition) is 1. The monoisotopic (exact) mass is 95.0 g/mol. The molecule has 0 spiro atoms. The van der Waals surface area contributed by atoms with Gasteiger partial charge >= 0.3 is 0 Å². The summed E-state index contributed by atoms with van der Waals surface area (Å²) in [5, 5.41) is 2.48. The maximum absolute atomic E-state index is 9.62. The summed E-state index contributed by atoms with van der Waals surface area (Å²) >= 11 is 0. The lowest BCUT2D eigenvalue weighted by Gasteiger charge is -2.01. The third-order valence-corrected chi connectivity index (χ3v) is 0.777. The molecular formula is C5H5NO. The van der Waals surface area contributed by atoms with Gasteiger partial charge in [-0.05, 0) is 12.2 Å². The van der Waals surface area contributed by atoms with E-state index in [2.05, 4.69) is 5.32 Å². The Morgan fingerprint density at radius 2 is 2.43 bits per heavy atom. The highest BCUT2D eigenvalue weighted by atomic mass is 16.1. The average Bonchev–Trinajstić information content (AvgIpc) is 1.55. The molecule has 0 fully saturated rings. The van der Waals surface area contributed by atoms with E-state index in [0.29, 0.717) is 6.41 Å². The Labute approximate surface area is 41.5 Å². The maximum atomic E-state index is 9.62. The molecule has 0 aromatic carbocycles. The summed E-state index contributed by atoms with van der Waals surface area (Å²) in [7, 11) is 0. The molecule has 0 aromatic rings. The van der Waals surface area contributed by atoms with E-state index >= 15 is 0 Å². The van der Waals surface area contributed by atoms with Crippen molar-refractivity contribution < 1.29 is 4.79 Å². The first-order chi connectivity index (χ1) is 3.43. The normalized spacial score (nSPS) is 14.6. The van der Waals surface area contributed by atoms with E-state index in [0.717, 1.165) is 5.70 Å². The summed E-state index contributed by atoms with van der Waals surface area (Å²) in [5.41, 5.74) is 0.884.